The van der Waals surface area contributed by atoms with E-state index in [1.807, 2.05) is 20.8 Å². The molecule has 1 amide bonds. The summed E-state index contributed by atoms with van der Waals surface area (Å²) < 4.78 is 49.5. The van der Waals surface area contributed by atoms with Gasteiger partial charge in [0.2, 0.25) is 21.7 Å². The van der Waals surface area contributed by atoms with E-state index >= 15 is 0 Å². The van der Waals surface area contributed by atoms with E-state index in [-0.39, 0.29) is 28.4 Å². The van der Waals surface area contributed by atoms with Gasteiger partial charge in [-0.2, -0.15) is 4.31 Å². The minimum Gasteiger partial charge on any atom is -0.490 e. The number of benzene rings is 2. The molecule has 0 unspecified atom stereocenters. The van der Waals surface area contributed by atoms with Crippen molar-refractivity contribution in [1.29, 1.82) is 0 Å². The Labute approximate surface area is 215 Å². The second-order valence-corrected chi connectivity index (χ2v) is 10.2. The van der Waals surface area contributed by atoms with Gasteiger partial charge in [0, 0.05) is 24.2 Å². The lowest BCUT2D eigenvalue weighted by atomic mass is 10.2. The molecule has 11 nitrogen and oxygen atoms in total. The highest BCUT2D eigenvalue weighted by molar-refractivity contribution is 7.89. The minimum atomic E-state index is -3.60. The van der Waals surface area contributed by atoms with E-state index in [1.165, 1.54) is 28.6 Å². The summed E-state index contributed by atoms with van der Waals surface area (Å²) in [6, 6.07) is 9.03. The van der Waals surface area contributed by atoms with Gasteiger partial charge in [0.25, 0.3) is 5.91 Å². The third-order valence-corrected chi connectivity index (χ3v) is 7.58. The van der Waals surface area contributed by atoms with E-state index < -0.39 is 15.9 Å². The van der Waals surface area contributed by atoms with Gasteiger partial charge in [-0.25, -0.2) is 8.42 Å². The molecule has 0 atom stereocenters. The topological polar surface area (TPSA) is 133 Å². The standard InChI is InChI=1S/C25H30N4O7S/c1-5-33-20-14-17(15-21(34-6-2)22(20)35-7-3)24-27-28-25(36-24)26-23(30)16-8-12-19(13-9-16)37(31,32)29(4)18-10-11-18/h8-9,12-15,18H,5-7,10-11H2,1-4H3,(H,26,28,30). The number of carbonyl (C=O) groups is 1. The van der Waals surface area contributed by atoms with Gasteiger partial charge in [0.05, 0.1) is 24.7 Å². The maximum Gasteiger partial charge on any atom is 0.322 e. The van der Waals surface area contributed by atoms with Crippen LogP contribution in [0.2, 0.25) is 0 Å². The van der Waals surface area contributed by atoms with Gasteiger partial charge in [0.15, 0.2) is 11.5 Å². The lowest BCUT2D eigenvalue weighted by Crippen LogP contribution is -2.29. The van der Waals surface area contributed by atoms with Gasteiger partial charge in [-0.3, -0.25) is 10.1 Å². The number of hydrogen-bond donors (Lipinski definition) is 1. The fourth-order valence-corrected chi connectivity index (χ4v) is 5.07. The number of rotatable bonds is 12. The van der Waals surface area contributed by atoms with Crippen LogP contribution in [-0.2, 0) is 10.0 Å². The molecule has 0 saturated heterocycles. The third kappa shape index (κ3) is 5.86. The van der Waals surface area contributed by atoms with E-state index in [0.717, 1.165) is 12.8 Å². The van der Waals surface area contributed by atoms with Crippen molar-refractivity contribution in [3.63, 3.8) is 0 Å². The highest BCUT2D eigenvalue weighted by atomic mass is 32.2. The van der Waals surface area contributed by atoms with Crippen molar-refractivity contribution in [2.75, 3.05) is 32.2 Å². The second-order valence-electron chi connectivity index (χ2n) is 8.24. The molecule has 0 spiro atoms. The van der Waals surface area contributed by atoms with Crippen LogP contribution in [0.1, 0.15) is 44.0 Å². The Morgan fingerprint density at radius 1 is 1.00 bits per heavy atom. The molecule has 0 aliphatic heterocycles. The molecule has 3 aromatic rings. The van der Waals surface area contributed by atoms with Crippen LogP contribution in [0.5, 0.6) is 17.2 Å². The molecular weight excluding hydrogens is 500 g/mol. The summed E-state index contributed by atoms with van der Waals surface area (Å²) in [5.74, 6) is 1.04. The molecule has 198 valence electrons. The molecule has 1 fully saturated rings. The quantitative estimate of drug-likeness (QED) is 0.369. The molecule has 2 aromatic carbocycles. The van der Waals surface area contributed by atoms with E-state index in [4.69, 9.17) is 18.6 Å². The van der Waals surface area contributed by atoms with Crippen LogP contribution in [-0.4, -0.2) is 61.7 Å². The summed E-state index contributed by atoms with van der Waals surface area (Å²) in [7, 11) is -2.03. The van der Waals surface area contributed by atoms with Crippen LogP contribution in [0.3, 0.4) is 0 Å². The molecule has 0 bridgehead atoms. The van der Waals surface area contributed by atoms with Crippen LogP contribution in [0.15, 0.2) is 45.7 Å². The van der Waals surface area contributed by atoms with Crippen molar-refractivity contribution in [2.45, 2.75) is 44.6 Å². The maximum absolute atomic E-state index is 12.7. The Morgan fingerprint density at radius 3 is 2.14 bits per heavy atom. The molecule has 1 aliphatic carbocycles. The lowest BCUT2D eigenvalue weighted by molar-refractivity contribution is 0.102. The largest absolute Gasteiger partial charge is 0.490 e. The Kier molecular flexibility index (Phi) is 7.98. The van der Waals surface area contributed by atoms with Gasteiger partial charge in [0.1, 0.15) is 0 Å². The zero-order chi connectivity index (χ0) is 26.6. The smallest absolute Gasteiger partial charge is 0.322 e. The second kappa shape index (κ2) is 11.2. The first-order valence-electron chi connectivity index (χ1n) is 12.1. The summed E-state index contributed by atoms with van der Waals surface area (Å²) in [5, 5.41) is 10.5. The number of aromatic nitrogens is 2. The Balaban J connectivity index is 1.51. The molecule has 1 N–H and O–H groups in total. The van der Waals surface area contributed by atoms with Crippen molar-refractivity contribution in [3.05, 3.63) is 42.0 Å². The predicted octanol–water partition coefficient (Wildman–Crippen LogP) is 3.97. The molecule has 1 aliphatic rings. The molecular formula is C25H30N4O7S. The number of nitrogens with one attached hydrogen (secondary N) is 1. The third-order valence-electron chi connectivity index (χ3n) is 5.66. The molecule has 0 radical (unpaired) electrons. The normalized spacial score (nSPS) is 13.4. The number of carbonyl (C=O) groups excluding carboxylic acids is 1. The van der Waals surface area contributed by atoms with E-state index in [0.29, 0.717) is 42.6 Å². The zero-order valence-electron chi connectivity index (χ0n) is 21.2. The predicted molar refractivity (Wildman–Crippen MR) is 136 cm³/mol. The molecule has 1 aromatic heterocycles. The SMILES string of the molecule is CCOc1cc(-c2nnc(NC(=O)c3ccc(S(=O)(=O)N(C)C4CC4)cc3)o2)cc(OCC)c1OCC. The van der Waals surface area contributed by atoms with Crippen LogP contribution in [0, 0.1) is 0 Å². The first-order chi connectivity index (χ1) is 17.8. The number of amides is 1. The van der Waals surface area contributed by atoms with Crippen molar-refractivity contribution in [1.82, 2.24) is 14.5 Å². The Morgan fingerprint density at radius 2 is 1.59 bits per heavy atom. The maximum atomic E-state index is 12.7. The fraction of sp³-hybridized carbons (Fsp3) is 0.400. The van der Waals surface area contributed by atoms with Crippen LogP contribution in [0.4, 0.5) is 6.01 Å². The van der Waals surface area contributed by atoms with Crippen LogP contribution < -0.4 is 19.5 Å². The summed E-state index contributed by atoms with van der Waals surface area (Å²) in [6.45, 7) is 6.84. The highest BCUT2D eigenvalue weighted by Gasteiger charge is 2.35. The number of hydrogen-bond acceptors (Lipinski definition) is 9. The van der Waals surface area contributed by atoms with E-state index in [1.54, 1.807) is 19.2 Å². The fourth-order valence-electron chi connectivity index (χ4n) is 3.65. The van der Waals surface area contributed by atoms with Crippen molar-refractivity contribution >= 4 is 21.9 Å². The molecule has 4 rings (SSSR count). The lowest BCUT2D eigenvalue weighted by Gasteiger charge is -2.16. The summed E-state index contributed by atoms with van der Waals surface area (Å²) in [4.78, 5) is 12.8. The molecule has 1 saturated carbocycles. The average Bonchev–Trinajstić information content (AvgIpc) is 3.63. The van der Waals surface area contributed by atoms with Crippen LogP contribution in [0.25, 0.3) is 11.5 Å². The Hall–Kier alpha value is -3.64. The van der Waals surface area contributed by atoms with Gasteiger partial charge >= 0.3 is 6.01 Å². The van der Waals surface area contributed by atoms with Crippen molar-refractivity contribution < 1.29 is 31.8 Å². The van der Waals surface area contributed by atoms with Crippen molar-refractivity contribution in [2.24, 2.45) is 0 Å². The highest BCUT2D eigenvalue weighted by Crippen LogP contribution is 2.42. The number of sulfonamides is 1. The van der Waals surface area contributed by atoms with Crippen molar-refractivity contribution in [3.8, 4) is 28.7 Å². The zero-order valence-corrected chi connectivity index (χ0v) is 22.0. The summed E-state index contributed by atoms with van der Waals surface area (Å²) in [6.07, 6.45) is 1.72. The van der Waals surface area contributed by atoms with Crippen LogP contribution >= 0.6 is 0 Å². The van der Waals surface area contributed by atoms with Gasteiger partial charge in [-0.05, 0) is 70.0 Å². The van der Waals surface area contributed by atoms with E-state index in [2.05, 4.69) is 15.5 Å². The Bertz CT molecular complexity index is 1320. The number of ether oxygens (including phenoxy) is 3. The number of nitrogens with zero attached hydrogens (tertiary/aromatic N) is 3. The first-order valence-corrected chi connectivity index (χ1v) is 13.5. The van der Waals surface area contributed by atoms with Gasteiger partial charge in [-0.15, -0.1) is 5.10 Å². The van der Waals surface area contributed by atoms with Gasteiger partial charge < -0.3 is 18.6 Å². The van der Waals surface area contributed by atoms with Gasteiger partial charge in [-0.1, -0.05) is 5.10 Å². The molecule has 1 heterocycles. The average molecular weight is 531 g/mol. The van der Waals surface area contributed by atoms with E-state index in [9.17, 15) is 13.2 Å². The summed E-state index contributed by atoms with van der Waals surface area (Å²) in [5.41, 5.74) is 0.767. The summed E-state index contributed by atoms with van der Waals surface area (Å²) >= 11 is 0. The molecule has 37 heavy (non-hydrogen) atoms. The monoisotopic (exact) mass is 530 g/mol. The minimum absolute atomic E-state index is 0.0456. The number of anilines is 1. The molecule has 12 heteroatoms. The first kappa shape index (κ1) is 26.4.